The highest BCUT2D eigenvalue weighted by Crippen LogP contribution is 2.20. The number of benzene rings is 2. The Hall–Kier alpha value is -3.68. The lowest BCUT2D eigenvalue weighted by Crippen LogP contribution is -2.27. The number of nitrogens with zero attached hydrogens (tertiary/aromatic N) is 3. The summed E-state index contributed by atoms with van der Waals surface area (Å²) in [5, 5.41) is 7.35. The van der Waals surface area contributed by atoms with Crippen LogP contribution in [0.25, 0.3) is 5.69 Å². The molecule has 162 valence electrons. The minimum atomic E-state index is -0.314. The van der Waals surface area contributed by atoms with Gasteiger partial charge in [0.2, 0.25) is 5.91 Å². The molecular weight excluding hydrogens is 399 g/mol. The first kappa shape index (κ1) is 22.0. The van der Waals surface area contributed by atoms with Crippen LogP contribution >= 0.6 is 0 Å². The van der Waals surface area contributed by atoms with Crippen molar-refractivity contribution in [3.63, 3.8) is 0 Å². The molecule has 1 N–H and O–H groups in total. The average molecular weight is 424 g/mol. The maximum atomic E-state index is 13.2. The van der Waals surface area contributed by atoms with Gasteiger partial charge in [-0.1, -0.05) is 0 Å². The van der Waals surface area contributed by atoms with Gasteiger partial charge >= 0.3 is 0 Å². The highest BCUT2D eigenvalue weighted by molar-refractivity contribution is 5.92. The van der Waals surface area contributed by atoms with Gasteiger partial charge in [-0.3, -0.25) is 9.59 Å². The fourth-order valence-corrected chi connectivity index (χ4v) is 3.04. The molecule has 7 nitrogen and oxygen atoms in total. The van der Waals surface area contributed by atoms with Crippen LogP contribution in [0.2, 0.25) is 0 Å². The molecule has 1 heterocycles. The van der Waals surface area contributed by atoms with Gasteiger partial charge in [0, 0.05) is 31.0 Å². The molecule has 0 bridgehead atoms. The maximum Gasteiger partial charge on any atom is 0.259 e. The van der Waals surface area contributed by atoms with E-state index >= 15 is 0 Å². The minimum Gasteiger partial charge on any atom is -0.484 e. The third kappa shape index (κ3) is 5.48. The van der Waals surface area contributed by atoms with E-state index in [-0.39, 0.29) is 30.7 Å². The summed E-state index contributed by atoms with van der Waals surface area (Å²) in [6.07, 6.45) is 0.161. The summed E-state index contributed by atoms with van der Waals surface area (Å²) < 4.78 is 20.3. The Morgan fingerprint density at radius 2 is 1.71 bits per heavy atom. The third-order valence-electron chi connectivity index (χ3n) is 4.85. The van der Waals surface area contributed by atoms with Gasteiger partial charge in [-0.25, -0.2) is 9.07 Å². The quantitative estimate of drug-likeness (QED) is 0.632. The van der Waals surface area contributed by atoms with Crippen LogP contribution in [0.3, 0.4) is 0 Å². The Bertz CT molecular complexity index is 1070. The van der Waals surface area contributed by atoms with Gasteiger partial charge in [-0.05, 0) is 62.4 Å². The number of hydrogen-bond acceptors (Lipinski definition) is 4. The average Bonchev–Trinajstić information content (AvgIpc) is 3.01. The fourth-order valence-electron chi connectivity index (χ4n) is 3.04. The highest BCUT2D eigenvalue weighted by atomic mass is 19.1. The van der Waals surface area contributed by atoms with Crippen LogP contribution in [0.4, 0.5) is 10.1 Å². The molecule has 0 spiro atoms. The van der Waals surface area contributed by atoms with E-state index in [2.05, 4.69) is 10.4 Å². The van der Waals surface area contributed by atoms with Crippen LogP contribution < -0.4 is 10.1 Å². The third-order valence-corrected chi connectivity index (χ3v) is 4.85. The van der Waals surface area contributed by atoms with Crippen molar-refractivity contribution in [1.29, 1.82) is 0 Å². The van der Waals surface area contributed by atoms with Gasteiger partial charge in [0.05, 0.1) is 17.8 Å². The van der Waals surface area contributed by atoms with Crippen molar-refractivity contribution < 1.29 is 18.7 Å². The van der Waals surface area contributed by atoms with Crippen LogP contribution in [-0.4, -0.2) is 47.2 Å². The van der Waals surface area contributed by atoms with Crippen LogP contribution in [0.1, 0.15) is 17.0 Å². The zero-order chi connectivity index (χ0) is 22.5. The topological polar surface area (TPSA) is 76.5 Å². The summed E-state index contributed by atoms with van der Waals surface area (Å²) in [4.78, 5) is 25.6. The van der Waals surface area contributed by atoms with Crippen LogP contribution in [0.15, 0.2) is 48.5 Å². The minimum absolute atomic E-state index is 0.0463. The lowest BCUT2D eigenvalue weighted by molar-refractivity contribution is -0.130. The molecule has 0 unspecified atom stereocenters. The second-order valence-electron chi connectivity index (χ2n) is 7.36. The summed E-state index contributed by atoms with van der Waals surface area (Å²) >= 11 is 0. The van der Waals surface area contributed by atoms with E-state index in [0.717, 1.165) is 22.6 Å². The second kappa shape index (κ2) is 9.42. The van der Waals surface area contributed by atoms with Gasteiger partial charge in [-0.2, -0.15) is 5.10 Å². The highest BCUT2D eigenvalue weighted by Gasteiger charge is 2.16. The summed E-state index contributed by atoms with van der Waals surface area (Å²) in [6.45, 7) is 3.68. The number of nitrogens with one attached hydrogen (secondary N) is 1. The molecule has 0 saturated heterocycles. The molecule has 31 heavy (non-hydrogen) atoms. The molecule has 0 atom stereocenters. The fraction of sp³-hybridized carbons (Fsp3) is 0.261. The van der Waals surface area contributed by atoms with Gasteiger partial charge < -0.3 is 15.0 Å². The predicted molar refractivity (Wildman–Crippen MR) is 116 cm³/mol. The largest absolute Gasteiger partial charge is 0.484 e. The molecular formula is C23H25FN4O3. The van der Waals surface area contributed by atoms with E-state index in [9.17, 15) is 14.0 Å². The van der Waals surface area contributed by atoms with Crippen molar-refractivity contribution in [3.8, 4) is 11.4 Å². The van der Waals surface area contributed by atoms with E-state index < -0.39 is 0 Å². The molecule has 1 aromatic heterocycles. The number of aryl methyl sites for hydroxylation is 1. The molecule has 0 radical (unpaired) electrons. The molecule has 0 aliphatic rings. The lowest BCUT2D eigenvalue weighted by Gasteiger charge is -2.12. The van der Waals surface area contributed by atoms with Crippen LogP contribution in [0, 0.1) is 19.7 Å². The van der Waals surface area contributed by atoms with E-state index in [1.165, 1.54) is 17.0 Å². The predicted octanol–water partition coefficient (Wildman–Crippen LogP) is 3.28. The van der Waals surface area contributed by atoms with Crippen molar-refractivity contribution in [2.45, 2.75) is 20.3 Å². The monoisotopic (exact) mass is 424 g/mol. The van der Waals surface area contributed by atoms with E-state index in [4.69, 9.17) is 4.74 Å². The van der Waals surface area contributed by atoms with Crippen LogP contribution in [0.5, 0.6) is 5.75 Å². The first-order valence-corrected chi connectivity index (χ1v) is 9.78. The Morgan fingerprint density at radius 1 is 1.06 bits per heavy atom. The number of amides is 2. The molecule has 3 aromatic rings. The van der Waals surface area contributed by atoms with Gasteiger partial charge in [0.15, 0.2) is 6.61 Å². The number of carbonyl (C=O) groups excluding carboxylic acids is 2. The number of anilines is 1. The van der Waals surface area contributed by atoms with Crippen molar-refractivity contribution in [2.24, 2.45) is 0 Å². The second-order valence-corrected chi connectivity index (χ2v) is 7.36. The summed E-state index contributed by atoms with van der Waals surface area (Å²) in [6, 6.07) is 12.9. The van der Waals surface area contributed by atoms with Crippen molar-refractivity contribution in [1.82, 2.24) is 14.7 Å². The summed E-state index contributed by atoms with van der Waals surface area (Å²) in [7, 11) is 3.33. The van der Waals surface area contributed by atoms with Crippen molar-refractivity contribution in [2.75, 3.05) is 26.0 Å². The molecule has 0 aliphatic carbocycles. The Balaban J connectivity index is 1.63. The van der Waals surface area contributed by atoms with Crippen molar-refractivity contribution in [3.05, 3.63) is 71.3 Å². The van der Waals surface area contributed by atoms with E-state index in [0.29, 0.717) is 11.4 Å². The number of halogens is 1. The molecule has 2 aromatic carbocycles. The lowest BCUT2D eigenvalue weighted by atomic mass is 10.1. The number of rotatable bonds is 7. The number of carbonyl (C=O) groups is 2. The van der Waals surface area contributed by atoms with E-state index in [1.54, 1.807) is 55.2 Å². The summed E-state index contributed by atoms with van der Waals surface area (Å²) in [5.41, 5.74) is 3.75. The number of likely N-dealkylation sites (N-methyl/N-ethyl adjacent to an activating group) is 1. The SMILES string of the molecule is Cc1nn(-c2ccc(F)cc2)c(C)c1CC(=O)Nc1ccc(OCC(=O)N(C)C)cc1. The maximum absolute atomic E-state index is 13.2. The van der Waals surface area contributed by atoms with Crippen LogP contribution in [-0.2, 0) is 16.0 Å². The standard InChI is InChI=1S/C23H25FN4O3/c1-15-21(16(2)28(26-15)19-9-5-17(24)6-10-19)13-22(29)25-18-7-11-20(12-8-18)31-14-23(30)27(3)4/h5-12H,13-14H2,1-4H3,(H,25,29). The number of ether oxygens (including phenoxy) is 1. The Morgan fingerprint density at radius 3 is 2.32 bits per heavy atom. The zero-order valence-electron chi connectivity index (χ0n) is 18.0. The van der Waals surface area contributed by atoms with Gasteiger partial charge in [0.1, 0.15) is 11.6 Å². The molecule has 0 fully saturated rings. The number of hydrogen-bond donors (Lipinski definition) is 1. The first-order valence-electron chi connectivity index (χ1n) is 9.78. The summed E-state index contributed by atoms with van der Waals surface area (Å²) in [5.74, 6) is -0.0864. The molecule has 8 heteroatoms. The first-order chi connectivity index (χ1) is 14.7. The smallest absolute Gasteiger partial charge is 0.259 e. The van der Waals surface area contributed by atoms with Gasteiger partial charge in [0.25, 0.3) is 5.91 Å². The normalized spacial score (nSPS) is 10.6. The molecule has 3 rings (SSSR count). The molecule has 2 amide bonds. The Kier molecular flexibility index (Phi) is 6.69. The Labute approximate surface area is 180 Å². The molecule has 0 saturated carbocycles. The van der Waals surface area contributed by atoms with E-state index in [1.807, 2.05) is 13.8 Å². The number of aromatic nitrogens is 2. The molecule has 0 aliphatic heterocycles. The van der Waals surface area contributed by atoms with Crippen molar-refractivity contribution >= 4 is 17.5 Å². The van der Waals surface area contributed by atoms with Gasteiger partial charge in [-0.15, -0.1) is 0 Å². The zero-order valence-corrected chi connectivity index (χ0v) is 18.0.